The number of rotatable bonds is 1. The predicted octanol–water partition coefficient (Wildman–Crippen LogP) is -0.171. The van der Waals surface area contributed by atoms with Crippen LogP contribution in [0.4, 0.5) is 13.2 Å². The van der Waals surface area contributed by atoms with Gasteiger partial charge in [-0.1, -0.05) is 0 Å². The summed E-state index contributed by atoms with van der Waals surface area (Å²) >= 11 is 0. The van der Waals surface area contributed by atoms with Gasteiger partial charge in [-0.2, -0.15) is 13.2 Å². The minimum absolute atomic E-state index is 0.338. The zero-order valence-corrected chi connectivity index (χ0v) is 10.1. The van der Waals surface area contributed by atoms with Crippen molar-refractivity contribution >= 4 is 11.8 Å². The zero-order chi connectivity index (χ0) is 13.8. The first-order valence-corrected chi connectivity index (χ1v) is 5.63. The molecule has 0 aromatic carbocycles. The van der Waals surface area contributed by atoms with Gasteiger partial charge in [0, 0.05) is 26.7 Å². The van der Waals surface area contributed by atoms with Crippen molar-refractivity contribution in [3.8, 4) is 0 Å². The summed E-state index contributed by atoms with van der Waals surface area (Å²) in [5.41, 5.74) is 0. The van der Waals surface area contributed by atoms with Gasteiger partial charge in [0.05, 0.1) is 0 Å². The molecule has 2 amide bonds. The van der Waals surface area contributed by atoms with Crippen LogP contribution in [0.1, 0.15) is 6.42 Å². The van der Waals surface area contributed by atoms with E-state index in [0.29, 0.717) is 31.0 Å². The monoisotopic (exact) mass is 267 g/mol. The highest BCUT2D eigenvalue weighted by molar-refractivity contribution is 6.34. The second-order valence-electron chi connectivity index (χ2n) is 4.17. The topological polar surface area (TPSA) is 52.7 Å². The summed E-state index contributed by atoms with van der Waals surface area (Å²) in [7, 11) is 0.976. The van der Waals surface area contributed by atoms with Crippen molar-refractivity contribution in [1.29, 1.82) is 0 Å². The number of likely N-dealkylation sites (N-methyl/N-ethyl adjacent to an activating group) is 1. The van der Waals surface area contributed by atoms with Gasteiger partial charge in [0.2, 0.25) is 0 Å². The second kappa shape index (κ2) is 6.03. The fourth-order valence-corrected chi connectivity index (χ4v) is 1.69. The molecular weight excluding hydrogens is 251 g/mol. The van der Waals surface area contributed by atoms with Gasteiger partial charge in [0.15, 0.2) is 0 Å². The van der Waals surface area contributed by atoms with Crippen molar-refractivity contribution < 1.29 is 22.8 Å². The lowest BCUT2D eigenvalue weighted by Crippen LogP contribution is -2.47. The molecule has 0 aromatic rings. The third kappa shape index (κ3) is 4.52. The number of alkyl halides is 3. The summed E-state index contributed by atoms with van der Waals surface area (Å²) < 4.78 is 36.3. The third-order valence-corrected chi connectivity index (χ3v) is 2.57. The van der Waals surface area contributed by atoms with E-state index in [4.69, 9.17) is 0 Å². The number of hydrogen-bond acceptors (Lipinski definition) is 3. The molecule has 1 aliphatic rings. The average molecular weight is 267 g/mol. The van der Waals surface area contributed by atoms with Crippen LogP contribution >= 0.6 is 0 Å². The lowest BCUT2D eigenvalue weighted by molar-refractivity contribution is -0.165. The van der Waals surface area contributed by atoms with Gasteiger partial charge in [0.25, 0.3) is 0 Å². The van der Waals surface area contributed by atoms with Gasteiger partial charge in [0.1, 0.15) is 6.54 Å². The number of amides is 2. The number of halogens is 3. The SMILES string of the molecule is CN(CC(F)(F)F)C(=O)C(=O)N1CCCNCC1. The highest BCUT2D eigenvalue weighted by Crippen LogP contribution is 2.15. The predicted molar refractivity (Wildman–Crippen MR) is 57.8 cm³/mol. The fourth-order valence-electron chi connectivity index (χ4n) is 1.69. The standard InChI is InChI=1S/C10H16F3N3O2/c1-15(7-10(11,12)13)8(17)9(18)16-5-2-3-14-4-6-16/h14H,2-7H2,1H3. The summed E-state index contributed by atoms with van der Waals surface area (Å²) in [4.78, 5) is 25.0. The Kier molecular flexibility index (Phi) is 4.94. The van der Waals surface area contributed by atoms with Crippen molar-refractivity contribution in [3.63, 3.8) is 0 Å². The first-order chi connectivity index (χ1) is 8.31. The van der Waals surface area contributed by atoms with Crippen LogP contribution in [-0.2, 0) is 9.59 Å². The average Bonchev–Trinajstić information content (AvgIpc) is 2.53. The summed E-state index contributed by atoms with van der Waals surface area (Å²) in [5, 5.41) is 3.04. The van der Waals surface area contributed by atoms with Crippen molar-refractivity contribution in [2.24, 2.45) is 0 Å². The van der Waals surface area contributed by atoms with Crippen LogP contribution in [0, 0.1) is 0 Å². The maximum absolute atomic E-state index is 12.1. The highest BCUT2D eigenvalue weighted by Gasteiger charge is 2.34. The number of carbonyl (C=O) groups is 2. The Balaban J connectivity index is 2.56. The van der Waals surface area contributed by atoms with E-state index in [9.17, 15) is 22.8 Å². The molecule has 0 unspecified atom stereocenters. The molecule has 0 radical (unpaired) electrons. The number of nitrogens with zero attached hydrogens (tertiary/aromatic N) is 2. The molecule has 5 nitrogen and oxygen atoms in total. The Morgan fingerprint density at radius 3 is 2.56 bits per heavy atom. The molecule has 1 saturated heterocycles. The van der Waals surface area contributed by atoms with E-state index < -0.39 is 24.5 Å². The molecular formula is C10H16F3N3O2. The van der Waals surface area contributed by atoms with Crippen LogP contribution in [0.3, 0.4) is 0 Å². The van der Waals surface area contributed by atoms with Crippen molar-refractivity contribution in [3.05, 3.63) is 0 Å². The van der Waals surface area contributed by atoms with Crippen molar-refractivity contribution in [2.45, 2.75) is 12.6 Å². The summed E-state index contributed by atoms with van der Waals surface area (Å²) in [6.07, 6.45) is -3.81. The molecule has 0 aliphatic carbocycles. The van der Waals surface area contributed by atoms with Crippen LogP contribution in [-0.4, -0.2) is 67.6 Å². The first-order valence-electron chi connectivity index (χ1n) is 5.63. The molecule has 18 heavy (non-hydrogen) atoms. The van der Waals surface area contributed by atoms with Crippen LogP contribution in [0.15, 0.2) is 0 Å². The molecule has 1 heterocycles. The molecule has 1 aliphatic heterocycles. The Labute approximate surface area is 103 Å². The molecule has 0 saturated carbocycles. The molecule has 1 N–H and O–H groups in total. The largest absolute Gasteiger partial charge is 0.406 e. The highest BCUT2D eigenvalue weighted by atomic mass is 19.4. The number of hydrogen-bond donors (Lipinski definition) is 1. The quantitative estimate of drug-likeness (QED) is 0.671. The van der Waals surface area contributed by atoms with E-state index in [-0.39, 0.29) is 0 Å². The van der Waals surface area contributed by atoms with Gasteiger partial charge < -0.3 is 15.1 Å². The van der Waals surface area contributed by atoms with E-state index >= 15 is 0 Å². The van der Waals surface area contributed by atoms with Crippen LogP contribution < -0.4 is 5.32 Å². The van der Waals surface area contributed by atoms with Crippen molar-refractivity contribution in [1.82, 2.24) is 15.1 Å². The summed E-state index contributed by atoms with van der Waals surface area (Å²) in [5.74, 6) is -1.99. The first kappa shape index (κ1) is 14.7. The number of carbonyl (C=O) groups excluding carboxylic acids is 2. The van der Waals surface area contributed by atoms with Crippen LogP contribution in [0.5, 0.6) is 0 Å². The van der Waals surface area contributed by atoms with Crippen LogP contribution in [0.25, 0.3) is 0 Å². The minimum Gasteiger partial charge on any atom is -0.333 e. The minimum atomic E-state index is -4.50. The molecule has 8 heteroatoms. The molecule has 0 spiro atoms. The smallest absolute Gasteiger partial charge is 0.333 e. The Bertz CT molecular complexity index is 312. The summed E-state index contributed by atoms with van der Waals surface area (Å²) in [6, 6.07) is 0. The lowest BCUT2D eigenvalue weighted by atomic mass is 10.3. The molecule has 1 rings (SSSR count). The molecule has 0 bridgehead atoms. The van der Waals surface area contributed by atoms with Gasteiger partial charge in [-0.05, 0) is 13.0 Å². The van der Waals surface area contributed by atoms with E-state index in [1.54, 1.807) is 0 Å². The van der Waals surface area contributed by atoms with Crippen LogP contribution in [0.2, 0.25) is 0 Å². The third-order valence-electron chi connectivity index (χ3n) is 2.57. The van der Waals surface area contributed by atoms with E-state index in [2.05, 4.69) is 5.32 Å². The normalized spacial score (nSPS) is 17.2. The zero-order valence-electron chi connectivity index (χ0n) is 10.1. The van der Waals surface area contributed by atoms with Gasteiger partial charge in [-0.3, -0.25) is 9.59 Å². The van der Waals surface area contributed by atoms with Gasteiger partial charge >= 0.3 is 18.0 Å². The van der Waals surface area contributed by atoms with E-state index in [0.717, 1.165) is 13.6 Å². The van der Waals surface area contributed by atoms with Gasteiger partial charge in [-0.15, -0.1) is 0 Å². The van der Waals surface area contributed by atoms with E-state index in [1.807, 2.05) is 0 Å². The second-order valence-corrected chi connectivity index (χ2v) is 4.17. The summed E-state index contributed by atoms with van der Waals surface area (Å²) in [6.45, 7) is 0.587. The van der Waals surface area contributed by atoms with Gasteiger partial charge in [-0.25, -0.2) is 0 Å². The van der Waals surface area contributed by atoms with Crippen molar-refractivity contribution in [2.75, 3.05) is 39.8 Å². The Morgan fingerprint density at radius 2 is 1.94 bits per heavy atom. The number of nitrogens with one attached hydrogen (secondary N) is 1. The van der Waals surface area contributed by atoms with E-state index in [1.165, 1.54) is 4.90 Å². The Morgan fingerprint density at radius 1 is 1.28 bits per heavy atom. The Hall–Kier alpha value is -1.31. The maximum atomic E-state index is 12.1. The molecule has 0 aromatic heterocycles. The molecule has 0 atom stereocenters. The molecule has 104 valence electrons. The maximum Gasteiger partial charge on any atom is 0.406 e. The fraction of sp³-hybridized carbons (Fsp3) is 0.800. The molecule has 1 fully saturated rings. The lowest BCUT2D eigenvalue weighted by Gasteiger charge is -2.23.